The van der Waals surface area contributed by atoms with Crippen LogP contribution in [0.5, 0.6) is 0 Å². The average Bonchev–Trinajstić information content (AvgIpc) is 3.77. The summed E-state index contributed by atoms with van der Waals surface area (Å²) in [6.45, 7) is 2.41. The van der Waals surface area contributed by atoms with Crippen molar-refractivity contribution in [1.82, 2.24) is 19.1 Å². The van der Waals surface area contributed by atoms with Gasteiger partial charge in [0, 0.05) is 66.0 Å². The lowest BCUT2D eigenvalue weighted by molar-refractivity contribution is 0.577. The molecule has 5 aliphatic rings. The summed E-state index contributed by atoms with van der Waals surface area (Å²) in [5.41, 5.74) is 15.2. The van der Waals surface area contributed by atoms with Crippen LogP contribution in [0.4, 0.5) is 0 Å². The molecule has 0 spiro atoms. The Morgan fingerprint density at radius 2 is 1.62 bits per heavy atom. The Morgan fingerprint density at radius 1 is 0.774 bits per heavy atom. The molecular weight excluding hydrogens is 665 g/mol. The number of aromatic nitrogens is 4. The number of hydrogen-bond acceptors (Lipinski definition) is 3. The standard InChI is InChI=1S/C48H34N4S/c1-28-34(30-21-23-42-38(26-30)36-11-3-6-17-41(36)51(42)33-22-20-29-24-32(29)25-33)13-8-14-35(28)43-27-31-10-2-5-16-40(31)52(43)48-49-39-15-9-19-45-46(39)47(50-48)37-12-4-7-18-44(37)53-45/h2-20,22,24-28,32,35H,21,23H2,1H3/t28?,32-,35?/m0/s1. The molecule has 0 bridgehead atoms. The zero-order valence-electron chi connectivity index (χ0n) is 29.2. The Kier molecular flexibility index (Phi) is 6.18. The molecule has 12 rings (SSSR count). The number of allylic oxidation sites excluding steroid dienone is 11. The van der Waals surface area contributed by atoms with Gasteiger partial charge in [-0.2, -0.15) is 0 Å². The molecule has 4 nitrogen and oxygen atoms in total. The summed E-state index contributed by atoms with van der Waals surface area (Å²) < 4.78 is 4.86. The minimum absolute atomic E-state index is 0.147. The molecule has 4 aliphatic carbocycles. The van der Waals surface area contributed by atoms with Crippen molar-refractivity contribution in [2.24, 2.45) is 11.8 Å². The average molecular weight is 699 g/mol. The molecule has 4 aromatic carbocycles. The summed E-state index contributed by atoms with van der Waals surface area (Å²) >= 11 is 1.81. The van der Waals surface area contributed by atoms with Gasteiger partial charge in [0.1, 0.15) is 0 Å². The normalized spacial score (nSPS) is 20.8. The Hall–Kier alpha value is -5.91. The SMILES string of the molecule is CC1C(C2=Cc3c(n(C4=C[C@@H]5C=C5C=C4)c4ccccc34)CC2)=CC=CC1c1cc2ccccc2n1-c1nc2c3c(cccc3n1)Sc1ccccc1-2. The Balaban J connectivity index is 0.979. The van der Waals surface area contributed by atoms with Crippen LogP contribution in [0.2, 0.25) is 0 Å². The number of nitrogens with zero attached hydrogens (tertiary/aromatic N) is 4. The van der Waals surface area contributed by atoms with E-state index in [1.807, 2.05) is 11.8 Å². The topological polar surface area (TPSA) is 35.6 Å². The zero-order valence-corrected chi connectivity index (χ0v) is 30.0. The van der Waals surface area contributed by atoms with Crippen LogP contribution in [-0.2, 0) is 6.42 Å². The highest BCUT2D eigenvalue weighted by Gasteiger charge is 2.32. The van der Waals surface area contributed by atoms with Gasteiger partial charge in [0.15, 0.2) is 0 Å². The molecule has 0 N–H and O–H groups in total. The van der Waals surface area contributed by atoms with Crippen molar-refractivity contribution >= 4 is 56.2 Å². The molecule has 7 aromatic rings. The van der Waals surface area contributed by atoms with E-state index in [9.17, 15) is 0 Å². The lowest BCUT2D eigenvalue weighted by Gasteiger charge is -2.30. The second kappa shape index (κ2) is 11.0. The molecule has 0 saturated heterocycles. The van der Waals surface area contributed by atoms with Gasteiger partial charge < -0.3 is 4.57 Å². The maximum atomic E-state index is 5.43. The van der Waals surface area contributed by atoms with Crippen LogP contribution in [-0.4, -0.2) is 19.1 Å². The quantitative estimate of drug-likeness (QED) is 0.184. The van der Waals surface area contributed by atoms with Gasteiger partial charge in [0.25, 0.3) is 0 Å². The lowest BCUT2D eigenvalue weighted by atomic mass is 9.76. The van der Waals surface area contributed by atoms with E-state index in [2.05, 4.69) is 162 Å². The molecule has 252 valence electrons. The van der Waals surface area contributed by atoms with E-state index < -0.39 is 0 Å². The predicted octanol–water partition coefficient (Wildman–Crippen LogP) is 11.9. The van der Waals surface area contributed by atoms with Crippen LogP contribution in [0.3, 0.4) is 0 Å². The highest BCUT2D eigenvalue weighted by Crippen LogP contribution is 2.49. The first-order valence-corrected chi connectivity index (χ1v) is 19.5. The van der Waals surface area contributed by atoms with Gasteiger partial charge in [-0.1, -0.05) is 110 Å². The molecule has 53 heavy (non-hydrogen) atoms. The molecule has 5 heteroatoms. The Labute approximate surface area is 311 Å². The molecule has 4 heterocycles. The third-order valence-corrected chi connectivity index (χ3v) is 13.1. The van der Waals surface area contributed by atoms with Gasteiger partial charge in [0.05, 0.1) is 22.2 Å². The molecule has 0 radical (unpaired) electrons. The van der Waals surface area contributed by atoms with Crippen LogP contribution >= 0.6 is 11.8 Å². The minimum Gasteiger partial charge on any atom is -0.313 e. The first-order chi connectivity index (χ1) is 26.2. The number of fused-ring (bicyclic) bond motifs is 7. The van der Waals surface area contributed by atoms with Crippen molar-refractivity contribution in [1.29, 1.82) is 0 Å². The second-order valence-corrected chi connectivity index (χ2v) is 16.0. The summed E-state index contributed by atoms with van der Waals surface area (Å²) in [7, 11) is 0. The predicted molar refractivity (Wildman–Crippen MR) is 218 cm³/mol. The maximum Gasteiger partial charge on any atom is 0.235 e. The zero-order chi connectivity index (χ0) is 34.8. The van der Waals surface area contributed by atoms with E-state index >= 15 is 0 Å². The Morgan fingerprint density at radius 3 is 2.57 bits per heavy atom. The smallest absolute Gasteiger partial charge is 0.235 e. The number of benzene rings is 4. The fourth-order valence-electron chi connectivity index (χ4n) is 9.37. The van der Waals surface area contributed by atoms with Crippen LogP contribution in [0.1, 0.15) is 36.2 Å². The fourth-order valence-corrected chi connectivity index (χ4v) is 10.5. The van der Waals surface area contributed by atoms with Crippen molar-refractivity contribution in [2.75, 3.05) is 0 Å². The Bertz CT molecular complexity index is 2960. The van der Waals surface area contributed by atoms with Crippen molar-refractivity contribution < 1.29 is 0 Å². The number of hydrogen-bond donors (Lipinski definition) is 0. The van der Waals surface area contributed by atoms with E-state index in [0.29, 0.717) is 5.92 Å². The molecule has 1 aliphatic heterocycles. The highest BCUT2D eigenvalue weighted by atomic mass is 32.2. The van der Waals surface area contributed by atoms with Crippen molar-refractivity contribution in [3.05, 3.63) is 173 Å². The van der Waals surface area contributed by atoms with Crippen LogP contribution in [0.15, 0.2) is 166 Å². The summed E-state index contributed by atoms with van der Waals surface area (Å²) in [5, 5.41) is 3.68. The van der Waals surface area contributed by atoms with E-state index in [4.69, 9.17) is 9.97 Å². The third-order valence-electron chi connectivity index (χ3n) is 12.0. The van der Waals surface area contributed by atoms with Crippen LogP contribution in [0, 0.1) is 11.8 Å². The second-order valence-electron chi connectivity index (χ2n) is 14.9. The molecule has 0 amide bonds. The molecule has 2 unspecified atom stereocenters. The summed E-state index contributed by atoms with van der Waals surface area (Å²) in [4.78, 5) is 13.2. The summed E-state index contributed by atoms with van der Waals surface area (Å²) in [5.74, 6) is 1.64. The first-order valence-electron chi connectivity index (χ1n) is 18.7. The molecule has 3 aromatic heterocycles. The van der Waals surface area contributed by atoms with E-state index in [0.717, 1.165) is 40.9 Å². The van der Waals surface area contributed by atoms with Crippen molar-refractivity contribution in [2.45, 2.75) is 35.5 Å². The van der Waals surface area contributed by atoms with Crippen LogP contribution in [0.25, 0.3) is 61.7 Å². The van der Waals surface area contributed by atoms with E-state index in [1.54, 1.807) is 0 Å². The first kappa shape index (κ1) is 29.6. The van der Waals surface area contributed by atoms with Crippen molar-refractivity contribution in [3.8, 4) is 17.2 Å². The summed E-state index contributed by atoms with van der Waals surface area (Å²) in [6.07, 6.45) is 20.9. The number of para-hydroxylation sites is 2. The van der Waals surface area contributed by atoms with Gasteiger partial charge in [-0.3, -0.25) is 4.57 Å². The van der Waals surface area contributed by atoms with Gasteiger partial charge >= 0.3 is 0 Å². The molecular formula is C48H34N4S. The lowest BCUT2D eigenvalue weighted by Crippen LogP contribution is -2.19. The van der Waals surface area contributed by atoms with Gasteiger partial charge in [-0.25, -0.2) is 9.97 Å². The molecule has 0 fully saturated rings. The largest absolute Gasteiger partial charge is 0.313 e. The van der Waals surface area contributed by atoms with E-state index in [1.165, 1.54) is 71.0 Å². The minimum atomic E-state index is 0.147. The highest BCUT2D eigenvalue weighted by molar-refractivity contribution is 7.99. The molecule has 0 saturated carbocycles. The third kappa shape index (κ3) is 4.38. The van der Waals surface area contributed by atoms with Crippen LogP contribution < -0.4 is 0 Å². The molecule has 3 atom stereocenters. The maximum absolute atomic E-state index is 5.43. The van der Waals surface area contributed by atoms with Gasteiger partial charge in [0.2, 0.25) is 5.95 Å². The number of rotatable bonds is 4. The van der Waals surface area contributed by atoms with Gasteiger partial charge in [-0.15, -0.1) is 0 Å². The van der Waals surface area contributed by atoms with Gasteiger partial charge in [-0.05, 0) is 90.1 Å². The monoisotopic (exact) mass is 698 g/mol. The summed E-state index contributed by atoms with van der Waals surface area (Å²) in [6, 6.07) is 35.1. The van der Waals surface area contributed by atoms with Crippen molar-refractivity contribution in [3.63, 3.8) is 0 Å². The van der Waals surface area contributed by atoms with E-state index in [-0.39, 0.29) is 11.8 Å². The fraction of sp³-hybridized carbons (Fsp3) is 0.125.